The molecule has 1 aliphatic carbocycles. The molecule has 0 spiro atoms. The van der Waals surface area contributed by atoms with Gasteiger partial charge in [0.05, 0.1) is 0 Å². The van der Waals surface area contributed by atoms with Gasteiger partial charge in [-0.3, -0.25) is 0 Å². The Morgan fingerprint density at radius 3 is 1.91 bits per heavy atom. The molecule has 0 aliphatic heterocycles. The summed E-state index contributed by atoms with van der Waals surface area (Å²) in [5, 5.41) is 4.16. The normalized spacial score (nSPS) is 16.5. The van der Waals surface area contributed by atoms with E-state index >= 15 is 0 Å². The third kappa shape index (κ3) is 3.30. The van der Waals surface area contributed by atoms with Gasteiger partial charge in [0, 0.05) is 0 Å². The van der Waals surface area contributed by atoms with Crippen LogP contribution in [0.15, 0.2) is 30.3 Å². The second-order valence-electron chi connectivity index (χ2n) is 13.3. The van der Waals surface area contributed by atoms with Crippen LogP contribution in [-0.2, 0) is 10.8 Å². The molecule has 182 valence electrons. The van der Waals surface area contributed by atoms with E-state index in [1.54, 1.807) is 4.40 Å². The Labute approximate surface area is 214 Å². The second kappa shape index (κ2) is 7.45. The molecule has 1 aliphatic rings. The van der Waals surface area contributed by atoms with Crippen molar-refractivity contribution in [1.29, 1.82) is 0 Å². The van der Waals surface area contributed by atoms with Crippen LogP contribution in [0.1, 0.15) is 66.6 Å². The summed E-state index contributed by atoms with van der Waals surface area (Å²) in [6.45, 7) is 21.2. The van der Waals surface area contributed by atoms with E-state index in [0.29, 0.717) is 0 Å². The van der Waals surface area contributed by atoms with E-state index in [-0.39, 0.29) is 10.8 Å². The molecule has 1 heterocycles. The predicted octanol–water partition coefficient (Wildman–Crippen LogP) is 8.71. The monoisotopic (exact) mass is 525 g/mol. The van der Waals surface area contributed by atoms with Gasteiger partial charge in [0.25, 0.3) is 0 Å². The van der Waals surface area contributed by atoms with Gasteiger partial charge in [0.15, 0.2) is 0 Å². The second-order valence-corrected chi connectivity index (χ2v) is 23.8. The molecule has 0 atom stereocenters. The summed E-state index contributed by atoms with van der Waals surface area (Å²) in [4.78, 5) is 5.53. The summed E-state index contributed by atoms with van der Waals surface area (Å²) < 4.78 is 1.66. The van der Waals surface area contributed by atoms with Gasteiger partial charge in [-0.05, 0) is 0 Å². The fourth-order valence-corrected chi connectivity index (χ4v) is 11.5. The maximum atomic E-state index is 5.53. The molecular weight excluding hydrogens is 483 g/mol. The van der Waals surface area contributed by atoms with E-state index in [1.807, 2.05) is 0 Å². The molecule has 5 rings (SSSR count). The number of aryl methyl sites for hydroxylation is 5. The van der Waals surface area contributed by atoms with Gasteiger partial charge in [-0.1, -0.05) is 0 Å². The van der Waals surface area contributed by atoms with Gasteiger partial charge in [0.1, 0.15) is 0 Å². The molecule has 0 saturated carbocycles. The molecule has 0 fully saturated rings. The van der Waals surface area contributed by atoms with Crippen LogP contribution in [0.3, 0.4) is 0 Å². The van der Waals surface area contributed by atoms with Crippen molar-refractivity contribution in [3.05, 3.63) is 69.3 Å². The van der Waals surface area contributed by atoms with Gasteiger partial charge < -0.3 is 0 Å². The first-order valence-corrected chi connectivity index (χ1v) is 20.4. The van der Waals surface area contributed by atoms with Crippen LogP contribution in [0.25, 0.3) is 32.9 Å². The fourth-order valence-electron chi connectivity index (χ4n) is 6.80. The van der Waals surface area contributed by atoms with Gasteiger partial charge in [-0.2, -0.15) is 0 Å². The average Bonchev–Trinajstić information content (AvgIpc) is 2.71. The van der Waals surface area contributed by atoms with Crippen molar-refractivity contribution in [1.82, 2.24) is 4.98 Å². The van der Waals surface area contributed by atoms with Crippen molar-refractivity contribution < 1.29 is 0 Å². The number of aromatic nitrogens is 1. The zero-order valence-electron chi connectivity index (χ0n) is 23.8. The van der Waals surface area contributed by atoms with E-state index in [0.717, 1.165) is 0 Å². The summed E-state index contributed by atoms with van der Waals surface area (Å²) in [6, 6.07) is 11.9. The van der Waals surface area contributed by atoms with E-state index < -0.39 is 13.3 Å². The van der Waals surface area contributed by atoms with Crippen molar-refractivity contribution in [2.75, 3.05) is 0 Å². The minimum absolute atomic E-state index is 0.0252. The van der Waals surface area contributed by atoms with Crippen LogP contribution in [-0.4, -0.2) is 18.3 Å². The summed E-state index contributed by atoms with van der Waals surface area (Å²) in [6.07, 6.45) is 0. The van der Waals surface area contributed by atoms with Gasteiger partial charge in [0.2, 0.25) is 0 Å². The van der Waals surface area contributed by atoms with Crippen molar-refractivity contribution in [2.24, 2.45) is 0 Å². The molecule has 35 heavy (non-hydrogen) atoms. The standard InChI is InChI=1S/C33H41GeN/c1-18-13-21(4)27-26(14-18)35-31-25-17-23-15-19(2)20(3)16-24(23)22(5)28(25)32(6,7)33(8,9)29(31)30(27)34(10,11)12/h13-17H,1-12H3. The van der Waals surface area contributed by atoms with E-state index in [2.05, 4.69) is 110 Å². The Morgan fingerprint density at radius 1 is 0.686 bits per heavy atom. The summed E-state index contributed by atoms with van der Waals surface area (Å²) >= 11 is -2.32. The van der Waals surface area contributed by atoms with Gasteiger partial charge in [-0.15, -0.1) is 0 Å². The van der Waals surface area contributed by atoms with E-state index in [1.165, 1.54) is 71.9 Å². The van der Waals surface area contributed by atoms with E-state index in [9.17, 15) is 0 Å². The molecule has 4 aromatic rings. The van der Waals surface area contributed by atoms with Crippen LogP contribution >= 0.6 is 0 Å². The third-order valence-corrected chi connectivity index (χ3v) is 13.5. The quantitative estimate of drug-likeness (QED) is 0.227. The fraction of sp³-hybridized carbons (Fsp3) is 0.424. The number of benzene rings is 3. The van der Waals surface area contributed by atoms with E-state index in [4.69, 9.17) is 4.98 Å². The molecule has 0 N–H and O–H groups in total. The number of rotatable bonds is 1. The van der Waals surface area contributed by atoms with Crippen LogP contribution < -0.4 is 4.40 Å². The number of hydrogen-bond acceptors (Lipinski definition) is 1. The number of hydrogen-bond donors (Lipinski definition) is 0. The molecule has 2 heteroatoms. The molecule has 0 saturated heterocycles. The first kappa shape index (κ1) is 24.6. The summed E-state index contributed by atoms with van der Waals surface area (Å²) in [7, 11) is 0. The predicted molar refractivity (Wildman–Crippen MR) is 157 cm³/mol. The van der Waals surface area contributed by atoms with Crippen molar-refractivity contribution in [3.8, 4) is 11.3 Å². The SMILES string of the molecule is Cc1cc(C)c2[c]([Ge]([CH3])([CH3])[CH3])c3c(nc2c1)-c1cc2cc(C)c(C)cc2c(C)c1C(C)(C)C3(C)C. The topological polar surface area (TPSA) is 12.9 Å². The van der Waals surface area contributed by atoms with Crippen LogP contribution in [0.4, 0.5) is 0 Å². The van der Waals surface area contributed by atoms with Crippen molar-refractivity contribution >= 4 is 39.3 Å². The number of fused-ring (bicyclic) bond motifs is 5. The zero-order valence-corrected chi connectivity index (χ0v) is 25.9. The molecular formula is C33H41GeN. The Balaban J connectivity index is 2.08. The number of nitrogens with zero attached hydrogens (tertiary/aromatic N) is 1. The Hall–Kier alpha value is -2.13. The maximum absolute atomic E-state index is 5.53. The first-order valence-electron chi connectivity index (χ1n) is 13.1. The van der Waals surface area contributed by atoms with Crippen molar-refractivity contribution in [3.63, 3.8) is 0 Å². The molecule has 1 aromatic heterocycles. The molecule has 0 radical (unpaired) electrons. The zero-order chi connectivity index (χ0) is 25.8. The molecule has 3 aromatic carbocycles. The molecule has 1 nitrogen and oxygen atoms in total. The molecule has 0 bridgehead atoms. The van der Waals surface area contributed by atoms with Crippen molar-refractivity contribution in [2.45, 2.75) is 90.4 Å². The van der Waals surface area contributed by atoms with Crippen LogP contribution in [0.5, 0.6) is 0 Å². The Bertz CT molecular complexity index is 1560. The van der Waals surface area contributed by atoms with Crippen LogP contribution in [0.2, 0.25) is 17.3 Å². The van der Waals surface area contributed by atoms with Gasteiger partial charge in [-0.25, -0.2) is 0 Å². The first-order chi connectivity index (χ1) is 16.1. The third-order valence-electron chi connectivity index (χ3n) is 9.26. The summed E-state index contributed by atoms with van der Waals surface area (Å²) in [5.41, 5.74) is 13.5. The number of pyridine rings is 1. The molecule has 0 unspecified atom stereocenters. The minimum atomic E-state index is -2.32. The molecule has 0 amide bonds. The summed E-state index contributed by atoms with van der Waals surface area (Å²) in [5.74, 6) is 7.68. The average molecular weight is 524 g/mol. The van der Waals surface area contributed by atoms with Crippen LogP contribution in [0, 0.1) is 34.6 Å². The Kier molecular flexibility index (Phi) is 5.23. The van der Waals surface area contributed by atoms with Gasteiger partial charge >= 0.3 is 215 Å². The Morgan fingerprint density at radius 2 is 1.29 bits per heavy atom.